The van der Waals surface area contributed by atoms with Gasteiger partial charge < -0.3 is 5.32 Å². The maximum Gasteiger partial charge on any atom is 0.237 e. The number of hydrogen-bond donors (Lipinski definition) is 2. The second-order valence-corrected chi connectivity index (χ2v) is 4.24. The predicted octanol–water partition coefficient (Wildman–Crippen LogP) is 1.73. The average molecular weight is 278 g/mol. The zero-order valence-corrected chi connectivity index (χ0v) is 11.1. The van der Waals surface area contributed by atoms with Gasteiger partial charge in [0, 0.05) is 10.7 Å². The third-order valence-corrected chi connectivity index (χ3v) is 2.93. The molecule has 2 amide bonds. The third kappa shape index (κ3) is 5.46. The van der Waals surface area contributed by atoms with Gasteiger partial charge in [0.15, 0.2) is 0 Å². The Kier molecular flexibility index (Phi) is 6.49. The van der Waals surface area contributed by atoms with Crippen molar-refractivity contribution in [1.29, 1.82) is 0 Å². The highest BCUT2D eigenvalue weighted by atomic mass is 32.1. The van der Waals surface area contributed by atoms with E-state index in [2.05, 4.69) is 28.0 Å². The van der Waals surface area contributed by atoms with Gasteiger partial charge in [0.1, 0.15) is 0 Å². The first-order chi connectivity index (χ1) is 9.17. The molecule has 1 aromatic carbocycles. The van der Waals surface area contributed by atoms with Gasteiger partial charge in [0.05, 0.1) is 12.5 Å². The van der Waals surface area contributed by atoms with Crippen LogP contribution in [0.5, 0.6) is 0 Å². The number of carbonyl (C=O) groups excluding carboxylic acids is 2. The first-order valence-electron chi connectivity index (χ1n) is 5.67. The zero-order chi connectivity index (χ0) is 14.1. The molecule has 1 atom stereocenters. The van der Waals surface area contributed by atoms with Gasteiger partial charge in [-0.25, -0.2) is 0 Å². The standard InChI is InChI=1S/C12H14N4O2S/c13-16-15-11(17)7-14-12(18)10(8-19)6-9-4-2-1-3-5-9/h1-5,10,19H,6-8H2,(H,14,18). The van der Waals surface area contributed by atoms with Crippen molar-refractivity contribution < 1.29 is 9.59 Å². The van der Waals surface area contributed by atoms with Crippen LogP contribution in [0.4, 0.5) is 0 Å². The minimum atomic E-state index is -0.714. The van der Waals surface area contributed by atoms with Crippen molar-refractivity contribution in [3.05, 3.63) is 46.3 Å². The van der Waals surface area contributed by atoms with E-state index in [9.17, 15) is 9.59 Å². The number of carbonyl (C=O) groups is 2. The van der Waals surface area contributed by atoms with Crippen LogP contribution in [-0.4, -0.2) is 24.1 Å². The highest BCUT2D eigenvalue weighted by Gasteiger charge is 2.17. The number of nitrogens with zero attached hydrogens (tertiary/aromatic N) is 3. The molecule has 0 aliphatic heterocycles. The number of rotatable bonds is 6. The lowest BCUT2D eigenvalue weighted by atomic mass is 10.0. The minimum Gasteiger partial charge on any atom is -0.349 e. The Bertz CT molecular complexity index is 486. The number of azide groups is 1. The molecule has 0 bridgehead atoms. The van der Waals surface area contributed by atoms with E-state index in [1.165, 1.54) is 0 Å². The first kappa shape index (κ1) is 15.1. The lowest BCUT2D eigenvalue weighted by Crippen LogP contribution is -2.35. The molecule has 0 saturated carbocycles. The molecule has 0 aliphatic carbocycles. The van der Waals surface area contributed by atoms with Crippen molar-refractivity contribution in [2.45, 2.75) is 6.42 Å². The van der Waals surface area contributed by atoms with Crippen molar-refractivity contribution in [2.24, 2.45) is 11.0 Å². The molecule has 0 radical (unpaired) electrons. The summed E-state index contributed by atoms with van der Waals surface area (Å²) in [6, 6.07) is 9.55. The minimum absolute atomic E-state index is 0.277. The topological polar surface area (TPSA) is 94.9 Å². The van der Waals surface area contributed by atoms with E-state index in [-0.39, 0.29) is 18.4 Å². The smallest absolute Gasteiger partial charge is 0.237 e. The van der Waals surface area contributed by atoms with Crippen LogP contribution in [0.3, 0.4) is 0 Å². The molecule has 6 nitrogen and oxygen atoms in total. The lowest BCUT2D eigenvalue weighted by Gasteiger charge is -2.13. The second kappa shape index (κ2) is 8.18. The number of nitrogens with one attached hydrogen (secondary N) is 1. The molecule has 1 aromatic rings. The normalized spacial score (nSPS) is 11.2. The van der Waals surface area contributed by atoms with Crippen LogP contribution in [0, 0.1) is 5.92 Å². The van der Waals surface area contributed by atoms with E-state index in [1.54, 1.807) is 0 Å². The molecule has 100 valence electrons. The number of thiol groups is 1. The van der Waals surface area contributed by atoms with Gasteiger partial charge in [-0.15, -0.1) is 0 Å². The average Bonchev–Trinajstić information content (AvgIpc) is 2.43. The molecular weight excluding hydrogens is 264 g/mol. The van der Waals surface area contributed by atoms with E-state index in [1.807, 2.05) is 30.3 Å². The van der Waals surface area contributed by atoms with Crippen LogP contribution < -0.4 is 5.32 Å². The van der Waals surface area contributed by atoms with Gasteiger partial charge in [0.2, 0.25) is 11.8 Å². The molecule has 1 N–H and O–H groups in total. The SMILES string of the molecule is [N-]=[N+]=NC(=O)CNC(=O)C(CS)Cc1ccccc1. The quantitative estimate of drug-likeness (QED) is 0.359. The molecule has 19 heavy (non-hydrogen) atoms. The summed E-state index contributed by atoms with van der Waals surface area (Å²) >= 11 is 4.14. The Morgan fingerprint density at radius 2 is 2.05 bits per heavy atom. The Balaban J connectivity index is 2.52. The van der Waals surface area contributed by atoms with E-state index in [0.717, 1.165) is 5.56 Å². The first-order valence-corrected chi connectivity index (χ1v) is 6.31. The summed E-state index contributed by atoms with van der Waals surface area (Å²) in [5.41, 5.74) is 9.09. The van der Waals surface area contributed by atoms with E-state index in [4.69, 9.17) is 5.53 Å². The van der Waals surface area contributed by atoms with Crippen LogP contribution in [0.25, 0.3) is 10.4 Å². The van der Waals surface area contributed by atoms with E-state index < -0.39 is 5.91 Å². The molecule has 0 saturated heterocycles. The monoisotopic (exact) mass is 278 g/mol. The van der Waals surface area contributed by atoms with Gasteiger partial charge in [-0.3, -0.25) is 9.59 Å². The predicted molar refractivity (Wildman–Crippen MR) is 74.7 cm³/mol. The van der Waals surface area contributed by atoms with Crippen molar-refractivity contribution in [1.82, 2.24) is 5.32 Å². The fraction of sp³-hybridized carbons (Fsp3) is 0.333. The van der Waals surface area contributed by atoms with Crippen LogP contribution in [0.2, 0.25) is 0 Å². The third-order valence-electron chi connectivity index (χ3n) is 2.49. The molecule has 1 unspecified atom stereocenters. The maximum atomic E-state index is 11.8. The molecule has 7 heteroatoms. The molecule has 0 heterocycles. The van der Waals surface area contributed by atoms with Crippen LogP contribution in [0.1, 0.15) is 5.56 Å². The Morgan fingerprint density at radius 1 is 1.37 bits per heavy atom. The van der Waals surface area contributed by atoms with Gasteiger partial charge in [-0.1, -0.05) is 30.3 Å². The summed E-state index contributed by atoms with van der Waals surface area (Å²) in [7, 11) is 0. The summed E-state index contributed by atoms with van der Waals surface area (Å²) in [4.78, 5) is 25.2. The highest BCUT2D eigenvalue weighted by molar-refractivity contribution is 7.80. The van der Waals surface area contributed by atoms with E-state index >= 15 is 0 Å². The summed E-state index contributed by atoms with van der Waals surface area (Å²) in [5, 5.41) is 5.31. The van der Waals surface area contributed by atoms with Crippen LogP contribution in [-0.2, 0) is 16.0 Å². The Labute approximate surface area is 116 Å². The molecule has 0 aliphatic rings. The zero-order valence-electron chi connectivity index (χ0n) is 10.2. The van der Waals surface area contributed by atoms with E-state index in [0.29, 0.717) is 12.2 Å². The fourth-order valence-electron chi connectivity index (χ4n) is 1.53. The Hall–Kier alpha value is -1.98. The summed E-state index contributed by atoms with van der Waals surface area (Å²) in [5.74, 6) is -0.949. The number of amides is 2. The van der Waals surface area contributed by atoms with Gasteiger partial charge in [-0.2, -0.15) is 12.6 Å². The lowest BCUT2D eigenvalue weighted by molar-refractivity contribution is -0.127. The van der Waals surface area contributed by atoms with Crippen LogP contribution in [0.15, 0.2) is 35.4 Å². The highest BCUT2D eigenvalue weighted by Crippen LogP contribution is 2.10. The molecule has 0 fully saturated rings. The molecule has 0 spiro atoms. The van der Waals surface area contributed by atoms with Gasteiger partial charge in [-0.05, 0) is 22.6 Å². The second-order valence-electron chi connectivity index (χ2n) is 3.87. The van der Waals surface area contributed by atoms with Crippen molar-refractivity contribution in [3.8, 4) is 0 Å². The van der Waals surface area contributed by atoms with Crippen LogP contribution >= 0.6 is 12.6 Å². The largest absolute Gasteiger partial charge is 0.349 e. The molecule has 0 aromatic heterocycles. The van der Waals surface area contributed by atoms with Crippen molar-refractivity contribution in [3.63, 3.8) is 0 Å². The number of benzene rings is 1. The molecule has 1 rings (SSSR count). The van der Waals surface area contributed by atoms with Gasteiger partial charge in [0.25, 0.3) is 0 Å². The van der Waals surface area contributed by atoms with Crippen molar-refractivity contribution in [2.75, 3.05) is 12.3 Å². The maximum absolute atomic E-state index is 11.8. The molecular formula is C12H14N4O2S. The number of hydrogen-bond acceptors (Lipinski definition) is 3. The Morgan fingerprint density at radius 3 is 2.63 bits per heavy atom. The van der Waals surface area contributed by atoms with Gasteiger partial charge >= 0.3 is 0 Å². The summed E-state index contributed by atoms with van der Waals surface area (Å²) in [6.45, 7) is -0.290. The summed E-state index contributed by atoms with van der Waals surface area (Å²) < 4.78 is 0. The summed E-state index contributed by atoms with van der Waals surface area (Å²) in [6.07, 6.45) is 0.548. The fourth-order valence-corrected chi connectivity index (χ4v) is 1.83. The van der Waals surface area contributed by atoms with Crippen molar-refractivity contribution >= 4 is 24.4 Å².